The van der Waals surface area contributed by atoms with Crippen LogP contribution in [0.15, 0.2) is 47.5 Å². The number of aryl methyl sites for hydroxylation is 1. The van der Waals surface area contributed by atoms with Crippen LogP contribution in [0, 0.1) is 11.3 Å². The molecule has 1 amide bonds. The van der Waals surface area contributed by atoms with Gasteiger partial charge in [-0.15, -0.1) is 0 Å². The van der Waals surface area contributed by atoms with Crippen LogP contribution in [0.2, 0.25) is 5.02 Å². The van der Waals surface area contributed by atoms with Crippen molar-refractivity contribution in [3.63, 3.8) is 0 Å². The van der Waals surface area contributed by atoms with E-state index < -0.39 is 0 Å². The van der Waals surface area contributed by atoms with Crippen molar-refractivity contribution in [2.75, 3.05) is 5.32 Å². The van der Waals surface area contributed by atoms with Crippen LogP contribution in [0.4, 0.5) is 5.69 Å². The number of anilines is 1. The summed E-state index contributed by atoms with van der Waals surface area (Å²) in [5.41, 5.74) is 1.44. The number of nitrogens with one attached hydrogen (secondary N) is 1. The molecule has 3 rings (SSSR count). The molecule has 6 nitrogen and oxygen atoms in total. The Morgan fingerprint density at radius 3 is 2.79 bits per heavy atom. The van der Waals surface area contributed by atoms with Crippen LogP contribution in [-0.2, 0) is 18.4 Å². The van der Waals surface area contributed by atoms with Crippen LogP contribution in [-0.4, -0.2) is 15.0 Å². The minimum atomic E-state index is -0.278. The summed E-state index contributed by atoms with van der Waals surface area (Å²) in [6, 6.07) is 10.1. The molecular weight excluding hydrogens is 328 g/mol. The maximum absolute atomic E-state index is 12.2. The number of aromatic nitrogens is 2. The molecule has 0 fully saturated rings. The number of nitrogens with zero attached hydrogens (tertiary/aromatic N) is 3. The topological polar surface area (TPSA) is 79.8 Å². The van der Waals surface area contributed by atoms with Crippen molar-refractivity contribution in [2.24, 2.45) is 7.05 Å². The largest absolute Gasteiger partial charge is 0.338 e. The molecule has 7 heteroatoms. The first-order valence-corrected chi connectivity index (χ1v) is 7.51. The Morgan fingerprint density at radius 2 is 2.08 bits per heavy atom. The van der Waals surface area contributed by atoms with Gasteiger partial charge in [0.2, 0.25) is 5.91 Å². The molecule has 24 heavy (non-hydrogen) atoms. The number of pyridine rings is 1. The molecule has 1 aromatic carbocycles. The molecule has 0 aliphatic heterocycles. The number of benzene rings is 1. The predicted octanol–water partition coefficient (Wildman–Crippen LogP) is 2.50. The van der Waals surface area contributed by atoms with Crippen LogP contribution < -0.4 is 10.9 Å². The quantitative estimate of drug-likeness (QED) is 0.795. The molecule has 2 aromatic heterocycles. The van der Waals surface area contributed by atoms with Gasteiger partial charge in [0.1, 0.15) is 6.54 Å². The number of carbonyl (C=O) groups is 1. The minimum Gasteiger partial charge on any atom is -0.338 e. The van der Waals surface area contributed by atoms with E-state index in [2.05, 4.69) is 5.32 Å². The van der Waals surface area contributed by atoms with Gasteiger partial charge < -0.3 is 14.5 Å². The van der Waals surface area contributed by atoms with Crippen LogP contribution >= 0.6 is 11.6 Å². The van der Waals surface area contributed by atoms with E-state index in [-0.39, 0.29) is 18.0 Å². The summed E-state index contributed by atoms with van der Waals surface area (Å²) in [7, 11) is 1.68. The fourth-order valence-corrected chi connectivity index (χ4v) is 2.69. The second-order valence-corrected chi connectivity index (χ2v) is 5.74. The number of rotatable bonds is 3. The van der Waals surface area contributed by atoms with E-state index in [0.717, 1.165) is 0 Å². The van der Waals surface area contributed by atoms with Gasteiger partial charge in [-0.05, 0) is 30.3 Å². The lowest BCUT2D eigenvalue weighted by Crippen LogP contribution is -2.19. The van der Waals surface area contributed by atoms with Crippen molar-refractivity contribution in [3.05, 3.63) is 63.7 Å². The molecule has 0 spiro atoms. The van der Waals surface area contributed by atoms with E-state index in [1.54, 1.807) is 48.3 Å². The molecule has 0 saturated carbocycles. The highest BCUT2D eigenvalue weighted by Gasteiger charge is 2.11. The normalized spacial score (nSPS) is 10.5. The third-order valence-electron chi connectivity index (χ3n) is 3.70. The fourth-order valence-electron chi connectivity index (χ4n) is 2.46. The van der Waals surface area contributed by atoms with E-state index in [9.17, 15) is 9.59 Å². The van der Waals surface area contributed by atoms with E-state index in [1.165, 1.54) is 10.6 Å². The fraction of sp³-hybridized carbons (Fsp3) is 0.118. The Labute approximate surface area is 142 Å². The maximum Gasteiger partial charge on any atom is 0.259 e. The maximum atomic E-state index is 12.2. The van der Waals surface area contributed by atoms with E-state index in [4.69, 9.17) is 16.9 Å². The van der Waals surface area contributed by atoms with Gasteiger partial charge in [-0.3, -0.25) is 9.59 Å². The highest BCUT2D eigenvalue weighted by molar-refractivity contribution is 6.33. The number of hydrogen-bond acceptors (Lipinski definition) is 3. The molecule has 0 unspecified atom stereocenters. The van der Waals surface area contributed by atoms with Crippen molar-refractivity contribution in [1.82, 2.24) is 9.13 Å². The summed E-state index contributed by atoms with van der Waals surface area (Å²) in [5.74, 6) is -0.278. The molecule has 120 valence electrons. The summed E-state index contributed by atoms with van der Waals surface area (Å²) in [6.07, 6.45) is 3.36. The highest BCUT2D eigenvalue weighted by atomic mass is 35.5. The van der Waals surface area contributed by atoms with Gasteiger partial charge >= 0.3 is 0 Å². The summed E-state index contributed by atoms with van der Waals surface area (Å²) in [4.78, 5) is 24.3. The zero-order chi connectivity index (χ0) is 17.3. The Balaban J connectivity index is 1.82. The Morgan fingerprint density at radius 1 is 1.29 bits per heavy atom. The number of hydrogen-bond donors (Lipinski definition) is 1. The lowest BCUT2D eigenvalue weighted by atomic mass is 10.2. The summed E-state index contributed by atoms with van der Waals surface area (Å²) in [5, 5.41) is 12.4. The van der Waals surface area contributed by atoms with Gasteiger partial charge in [-0.2, -0.15) is 5.26 Å². The van der Waals surface area contributed by atoms with Gasteiger partial charge in [-0.25, -0.2) is 0 Å². The average molecular weight is 341 g/mol. The lowest BCUT2D eigenvalue weighted by Gasteiger charge is -2.09. The third-order valence-corrected chi connectivity index (χ3v) is 4.01. The van der Waals surface area contributed by atoms with Gasteiger partial charge in [-0.1, -0.05) is 11.6 Å². The van der Waals surface area contributed by atoms with Crippen LogP contribution in [0.25, 0.3) is 10.9 Å². The number of carbonyl (C=O) groups excluding carboxylic acids is 1. The van der Waals surface area contributed by atoms with Gasteiger partial charge in [0, 0.05) is 19.4 Å². The van der Waals surface area contributed by atoms with Gasteiger partial charge in [0.25, 0.3) is 5.56 Å². The van der Waals surface area contributed by atoms with Gasteiger partial charge in [0.05, 0.1) is 33.2 Å². The SMILES string of the molecule is Cn1ccc2c(ccn2CC(=O)Nc2ccc(C#N)cc2Cl)c1=O. The standard InChI is InChI=1S/C17H13ClN4O2/c1-21-6-5-15-12(17(21)24)4-7-22(15)10-16(23)20-14-3-2-11(9-19)8-13(14)18/h2-8H,10H2,1H3,(H,20,23). The van der Waals surface area contributed by atoms with E-state index in [0.29, 0.717) is 27.2 Å². The Bertz CT molecular complexity index is 1040. The van der Waals surface area contributed by atoms with E-state index >= 15 is 0 Å². The highest BCUT2D eigenvalue weighted by Crippen LogP contribution is 2.23. The Kier molecular flexibility index (Phi) is 4.11. The number of amides is 1. The van der Waals surface area contributed by atoms with Crippen molar-refractivity contribution in [3.8, 4) is 6.07 Å². The predicted molar refractivity (Wildman–Crippen MR) is 92.0 cm³/mol. The Hall–Kier alpha value is -3.04. The summed E-state index contributed by atoms with van der Waals surface area (Å²) in [6.45, 7) is 0.0486. The molecular formula is C17H13ClN4O2. The second kappa shape index (κ2) is 6.22. The number of nitriles is 1. The second-order valence-electron chi connectivity index (χ2n) is 5.33. The molecule has 0 aliphatic rings. The van der Waals surface area contributed by atoms with E-state index in [1.807, 2.05) is 6.07 Å². The van der Waals surface area contributed by atoms with Crippen LogP contribution in [0.3, 0.4) is 0 Å². The monoisotopic (exact) mass is 340 g/mol. The molecule has 0 radical (unpaired) electrons. The molecule has 0 atom stereocenters. The van der Waals surface area contributed by atoms with Crippen LogP contribution in [0.5, 0.6) is 0 Å². The lowest BCUT2D eigenvalue weighted by molar-refractivity contribution is -0.116. The van der Waals surface area contributed by atoms with Crippen molar-refractivity contribution >= 4 is 34.1 Å². The molecule has 2 heterocycles. The third kappa shape index (κ3) is 2.90. The average Bonchev–Trinajstić information content (AvgIpc) is 2.96. The first kappa shape index (κ1) is 15.8. The number of fused-ring (bicyclic) bond motifs is 1. The first-order valence-electron chi connectivity index (χ1n) is 7.13. The minimum absolute atomic E-state index is 0.0486. The molecule has 0 saturated heterocycles. The molecule has 1 N–H and O–H groups in total. The summed E-state index contributed by atoms with van der Waals surface area (Å²) >= 11 is 6.05. The zero-order valence-electron chi connectivity index (χ0n) is 12.8. The van der Waals surface area contributed by atoms with Crippen molar-refractivity contribution < 1.29 is 4.79 Å². The first-order chi connectivity index (χ1) is 11.5. The smallest absolute Gasteiger partial charge is 0.259 e. The molecule has 0 aliphatic carbocycles. The van der Waals surface area contributed by atoms with Gasteiger partial charge in [0.15, 0.2) is 0 Å². The van der Waals surface area contributed by atoms with Crippen LogP contribution in [0.1, 0.15) is 5.56 Å². The number of halogens is 1. The zero-order valence-corrected chi connectivity index (χ0v) is 13.5. The van der Waals surface area contributed by atoms with Crippen molar-refractivity contribution in [1.29, 1.82) is 5.26 Å². The molecule has 0 bridgehead atoms. The summed E-state index contributed by atoms with van der Waals surface area (Å²) < 4.78 is 3.19. The van der Waals surface area contributed by atoms with Crippen molar-refractivity contribution in [2.45, 2.75) is 6.54 Å². The molecule has 3 aromatic rings.